The molecule has 34 heavy (non-hydrogen) atoms. The van der Waals surface area contributed by atoms with E-state index in [4.69, 9.17) is 9.15 Å². The minimum Gasteiger partial charge on any atom is -0.497 e. The summed E-state index contributed by atoms with van der Waals surface area (Å²) in [5.41, 5.74) is 2.18. The molecule has 0 bridgehead atoms. The van der Waals surface area contributed by atoms with E-state index in [1.807, 2.05) is 0 Å². The quantitative estimate of drug-likeness (QED) is 0.366. The van der Waals surface area contributed by atoms with Crippen LogP contribution in [0.2, 0.25) is 0 Å². The molecular weight excluding hydrogens is 454 g/mol. The van der Waals surface area contributed by atoms with Crippen molar-refractivity contribution in [3.63, 3.8) is 0 Å². The molecule has 9 heteroatoms. The van der Waals surface area contributed by atoms with Crippen LogP contribution in [0, 0.1) is 0 Å². The smallest absolute Gasteiger partial charge is 0.277 e. The van der Waals surface area contributed by atoms with Gasteiger partial charge in [-0.1, -0.05) is 48.2 Å². The van der Waals surface area contributed by atoms with E-state index in [0.29, 0.717) is 28.5 Å². The molecule has 1 aliphatic rings. The number of carbonyl (C=O) groups excluding carboxylic acids is 3. The monoisotopic (exact) mass is 471 g/mol. The van der Waals surface area contributed by atoms with Crippen LogP contribution < -0.4 is 10.1 Å². The summed E-state index contributed by atoms with van der Waals surface area (Å²) in [6.07, 6.45) is 0. The first-order valence-corrected chi connectivity index (χ1v) is 11.3. The molecule has 0 radical (unpaired) electrons. The normalized spacial score (nSPS) is 12.1. The van der Waals surface area contributed by atoms with E-state index >= 15 is 0 Å². The van der Waals surface area contributed by atoms with E-state index in [1.165, 1.54) is 0 Å². The molecule has 1 aromatic heterocycles. The van der Waals surface area contributed by atoms with E-state index in [1.54, 1.807) is 73.8 Å². The Bertz CT molecular complexity index is 1430. The number of nitrogens with zero attached hydrogens (tertiary/aromatic N) is 2. The van der Waals surface area contributed by atoms with Gasteiger partial charge in [0.15, 0.2) is 11.6 Å². The summed E-state index contributed by atoms with van der Waals surface area (Å²) in [6.45, 7) is 0. The van der Waals surface area contributed by atoms with Crippen molar-refractivity contribution >= 4 is 34.9 Å². The minimum absolute atomic E-state index is 0.0212. The molecule has 4 aromatic rings. The zero-order valence-electron chi connectivity index (χ0n) is 17.9. The second-order valence-electron chi connectivity index (χ2n) is 7.37. The highest BCUT2D eigenvalue weighted by molar-refractivity contribution is 7.99. The van der Waals surface area contributed by atoms with Gasteiger partial charge in [0.25, 0.3) is 5.22 Å². The maximum atomic E-state index is 13.1. The van der Waals surface area contributed by atoms with Crippen molar-refractivity contribution in [2.45, 2.75) is 5.22 Å². The van der Waals surface area contributed by atoms with Crippen LogP contribution in [0.1, 0.15) is 31.8 Å². The van der Waals surface area contributed by atoms with Gasteiger partial charge in [-0.25, -0.2) is 0 Å². The molecule has 1 amide bonds. The van der Waals surface area contributed by atoms with Gasteiger partial charge in [-0.15, -0.1) is 10.2 Å². The van der Waals surface area contributed by atoms with Crippen LogP contribution in [0.3, 0.4) is 0 Å². The number of nitrogens with one attached hydrogen (secondary N) is 1. The lowest BCUT2D eigenvalue weighted by molar-refractivity contribution is -0.113. The first-order valence-electron chi connectivity index (χ1n) is 10.3. The molecule has 3 aromatic carbocycles. The molecule has 0 unspecified atom stereocenters. The van der Waals surface area contributed by atoms with Crippen LogP contribution in [-0.4, -0.2) is 40.5 Å². The fourth-order valence-corrected chi connectivity index (χ4v) is 4.24. The first kappa shape index (κ1) is 21.6. The van der Waals surface area contributed by atoms with Crippen LogP contribution in [0.5, 0.6) is 5.75 Å². The van der Waals surface area contributed by atoms with Crippen LogP contribution >= 0.6 is 11.8 Å². The number of hydrogen-bond donors (Lipinski definition) is 1. The Morgan fingerprint density at radius 2 is 1.62 bits per heavy atom. The van der Waals surface area contributed by atoms with Crippen molar-refractivity contribution in [1.29, 1.82) is 0 Å². The molecule has 0 atom stereocenters. The van der Waals surface area contributed by atoms with Gasteiger partial charge < -0.3 is 14.5 Å². The van der Waals surface area contributed by atoms with E-state index in [-0.39, 0.29) is 39.6 Å². The number of ether oxygens (including phenoxy) is 1. The summed E-state index contributed by atoms with van der Waals surface area (Å²) in [7, 11) is 1.58. The van der Waals surface area contributed by atoms with Gasteiger partial charge in [-0.05, 0) is 30.3 Å². The highest BCUT2D eigenvalue weighted by atomic mass is 32.2. The lowest BCUT2D eigenvalue weighted by atomic mass is 9.83. The van der Waals surface area contributed by atoms with E-state index in [0.717, 1.165) is 17.3 Å². The van der Waals surface area contributed by atoms with Gasteiger partial charge in [0, 0.05) is 22.3 Å². The topological polar surface area (TPSA) is 111 Å². The van der Waals surface area contributed by atoms with Crippen molar-refractivity contribution < 1.29 is 23.5 Å². The molecule has 0 fully saturated rings. The molecule has 0 spiro atoms. The maximum absolute atomic E-state index is 13.1. The van der Waals surface area contributed by atoms with Crippen LogP contribution in [0.4, 0.5) is 5.69 Å². The van der Waals surface area contributed by atoms with Gasteiger partial charge in [0.1, 0.15) is 5.75 Å². The number of methoxy groups -OCH3 is 1. The van der Waals surface area contributed by atoms with Crippen molar-refractivity contribution in [2.24, 2.45) is 0 Å². The summed E-state index contributed by atoms with van der Waals surface area (Å²) in [5, 5.41) is 10.9. The van der Waals surface area contributed by atoms with Gasteiger partial charge in [-0.2, -0.15) is 0 Å². The number of fused-ring (bicyclic) bond motifs is 2. The predicted octanol–water partition coefficient (Wildman–Crippen LogP) is 4.25. The fourth-order valence-electron chi connectivity index (χ4n) is 3.68. The second kappa shape index (κ2) is 8.95. The number of ketones is 2. The SMILES string of the molecule is COc1ccc(-c2nnc(SCC(=O)Nc3cccc4c3C(=O)c3ccccc3C4=O)o2)cc1. The summed E-state index contributed by atoms with van der Waals surface area (Å²) in [4.78, 5) is 38.5. The van der Waals surface area contributed by atoms with Crippen LogP contribution in [0.25, 0.3) is 11.5 Å². The number of thioether (sulfide) groups is 1. The lowest BCUT2D eigenvalue weighted by Crippen LogP contribution is -2.24. The van der Waals surface area contributed by atoms with Crippen molar-refractivity contribution in [1.82, 2.24) is 10.2 Å². The molecular formula is C25H17N3O5S. The number of anilines is 1. The third kappa shape index (κ3) is 3.97. The molecule has 1 N–H and O–H groups in total. The largest absolute Gasteiger partial charge is 0.497 e. The van der Waals surface area contributed by atoms with E-state index < -0.39 is 0 Å². The van der Waals surface area contributed by atoms with Crippen molar-refractivity contribution in [2.75, 3.05) is 18.2 Å². The number of benzene rings is 3. The molecule has 168 valence electrons. The van der Waals surface area contributed by atoms with Crippen molar-refractivity contribution in [3.8, 4) is 17.2 Å². The molecule has 0 saturated carbocycles. The maximum Gasteiger partial charge on any atom is 0.277 e. The number of hydrogen-bond acceptors (Lipinski definition) is 8. The molecule has 0 aliphatic heterocycles. The lowest BCUT2D eigenvalue weighted by Gasteiger charge is -2.20. The van der Waals surface area contributed by atoms with Gasteiger partial charge in [0.05, 0.1) is 24.1 Å². The Kier molecular flexibility index (Phi) is 5.69. The standard InChI is InChI=1S/C25H17N3O5S/c1-32-15-11-9-14(10-12-15)24-27-28-25(33-24)34-13-20(29)26-19-8-4-7-18-21(19)23(31)17-6-3-2-5-16(17)22(18)30/h2-12H,13H2,1H3,(H,26,29). The first-order chi connectivity index (χ1) is 16.5. The van der Waals surface area contributed by atoms with E-state index in [2.05, 4.69) is 15.5 Å². The van der Waals surface area contributed by atoms with Crippen molar-refractivity contribution in [3.05, 3.63) is 89.0 Å². The molecule has 1 heterocycles. The number of carbonyl (C=O) groups is 3. The van der Waals surface area contributed by atoms with Crippen LogP contribution in [-0.2, 0) is 4.79 Å². The summed E-state index contributed by atoms with van der Waals surface area (Å²) in [5.74, 6) is 0.1000. The van der Waals surface area contributed by atoms with Crippen LogP contribution in [0.15, 0.2) is 76.4 Å². The average Bonchev–Trinajstić information content (AvgIpc) is 3.35. The van der Waals surface area contributed by atoms with Gasteiger partial charge in [-0.3, -0.25) is 14.4 Å². The third-order valence-corrected chi connectivity index (χ3v) is 6.12. The highest BCUT2D eigenvalue weighted by Gasteiger charge is 2.31. The Morgan fingerprint density at radius 1 is 0.912 bits per heavy atom. The number of rotatable bonds is 6. The molecule has 8 nitrogen and oxygen atoms in total. The van der Waals surface area contributed by atoms with E-state index in [9.17, 15) is 14.4 Å². The predicted molar refractivity (Wildman–Crippen MR) is 125 cm³/mol. The summed E-state index contributed by atoms with van der Waals surface area (Å²) in [6, 6.07) is 18.7. The Hall–Kier alpha value is -4.24. The zero-order chi connectivity index (χ0) is 23.7. The Balaban J connectivity index is 1.29. The highest BCUT2D eigenvalue weighted by Crippen LogP contribution is 2.32. The summed E-state index contributed by atoms with van der Waals surface area (Å²) >= 11 is 1.07. The Morgan fingerprint density at radius 3 is 2.35 bits per heavy atom. The second-order valence-corrected chi connectivity index (χ2v) is 8.30. The average molecular weight is 471 g/mol. The summed E-state index contributed by atoms with van der Waals surface area (Å²) < 4.78 is 10.8. The Labute approximate surface area is 198 Å². The number of amides is 1. The zero-order valence-corrected chi connectivity index (χ0v) is 18.7. The number of aromatic nitrogens is 2. The fraction of sp³-hybridized carbons (Fsp3) is 0.0800. The third-order valence-electron chi connectivity index (χ3n) is 5.30. The molecule has 5 rings (SSSR count). The molecule has 0 saturated heterocycles. The van der Waals surface area contributed by atoms with Gasteiger partial charge in [0.2, 0.25) is 11.8 Å². The molecule has 1 aliphatic carbocycles. The minimum atomic E-state index is -0.373. The van der Waals surface area contributed by atoms with Gasteiger partial charge >= 0.3 is 0 Å².